The van der Waals surface area contributed by atoms with Gasteiger partial charge >= 0.3 is 0 Å². The predicted octanol–water partition coefficient (Wildman–Crippen LogP) is 12.5. The quantitative estimate of drug-likeness (QED) is 0.0545. The summed E-state index contributed by atoms with van der Waals surface area (Å²) in [4.78, 5) is 0. The van der Waals surface area contributed by atoms with Gasteiger partial charge in [-0.05, 0) is 42.5 Å². The fourth-order valence-corrected chi connectivity index (χ4v) is 7.42. The van der Waals surface area contributed by atoms with Crippen molar-refractivity contribution < 1.29 is 4.57 Å². The van der Waals surface area contributed by atoms with E-state index in [1.54, 1.807) is 0 Å². The van der Waals surface area contributed by atoms with Crippen molar-refractivity contribution in [3.05, 3.63) is 121 Å². The van der Waals surface area contributed by atoms with Crippen LogP contribution in [0.15, 0.2) is 110 Å². The zero-order chi connectivity index (χ0) is 32.1. The lowest BCUT2D eigenvalue weighted by atomic mass is 9.70. The third-order valence-electron chi connectivity index (χ3n) is 10.2. The Morgan fingerprint density at radius 1 is 0.565 bits per heavy atom. The molecule has 2 atom stereocenters. The molecule has 2 unspecified atom stereocenters. The second kappa shape index (κ2) is 20.9. The Bertz CT molecular complexity index is 1300. The Kier molecular flexibility index (Phi) is 16.2. The molecule has 1 heterocycles. The van der Waals surface area contributed by atoms with Gasteiger partial charge in [-0.2, -0.15) is 0 Å². The van der Waals surface area contributed by atoms with Gasteiger partial charge in [0, 0.05) is 5.41 Å². The maximum absolute atomic E-state index is 2.51. The van der Waals surface area contributed by atoms with Crippen molar-refractivity contribution in [1.82, 2.24) is 4.57 Å². The van der Waals surface area contributed by atoms with E-state index in [0.29, 0.717) is 6.04 Å². The molecule has 0 bridgehead atoms. The molecule has 0 saturated carbocycles. The highest BCUT2D eigenvalue weighted by molar-refractivity contribution is 5.31. The second-order valence-corrected chi connectivity index (χ2v) is 14.0. The van der Waals surface area contributed by atoms with E-state index in [1.807, 2.05) is 0 Å². The van der Waals surface area contributed by atoms with Crippen molar-refractivity contribution in [3.8, 4) is 5.69 Å². The van der Waals surface area contributed by atoms with Crippen molar-refractivity contribution >= 4 is 0 Å². The largest absolute Gasteiger partial charge is 0.249 e. The van der Waals surface area contributed by atoms with Gasteiger partial charge in [-0.3, -0.25) is 0 Å². The van der Waals surface area contributed by atoms with E-state index in [1.165, 1.54) is 132 Å². The van der Waals surface area contributed by atoms with E-state index in [4.69, 9.17) is 0 Å². The van der Waals surface area contributed by atoms with Crippen LogP contribution < -0.4 is 4.57 Å². The summed E-state index contributed by atoms with van der Waals surface area (Å²) < 4.78 is 4.78. The van der Waals surface area contributed by atoms with Gasteiger partial charge in [-0.25, -0.2) is 9.13 Å². The summed E-state index contributed by atoms with van der Waals surface area (Å²) in [6.07, 6.45) is 33.0. The molecule has 4 aromatic rings. The number of para-hydroxylation sites is 1. The first-order chi connectivity index (χ1) is 22.7. The lowest BCUT2D eigenvalue weighted by Gasteiger charge is -2.37. The lowest BCUT2D eigenvalue weighted by molar-refractivity contribution is -0.732. The minimum atomic E-state index is -0.0365. The summed E-state index contributed by atoms with van der Waals surface area (Å²) in [6, 6.07) is 33.4. The Morgan fingerprint density at radius 3 is 1.54 bits per heavy atom. The van der Waals surface area contributed by atoms with Gasteiger partial charge in [0.2, 0.25) is 6.33 Å². The zero-order valence-electron chi connectivity index (χ0n) is 29.3. The number of imidazole rings is 1. The van der Waals surface area contributed by atoms with Gasteiger partial charge in [0.05, 0.1) is 0 Å². The first kappa shape index (κ1) is 35.7. The van der Waals surface area contributed by atoms with Crippen molar-refractivity contribution in [2.75, 3.05) is 0 Å². The van der Waals surface area contributed by atoms with Crippen LogP contribution in [0.3, 0.4) is 0 Å². The summed E-state index contributed by atoms with van der Waals surface area (Å²) >= 11 is 0. The van der Waals surface area contributed by atoms with Crippen LogP contribution in [-0.2, 0) is 11.8 Å². The van der Waals surface area contributed by atoms with Crippen molar-refractivity contribution in [2.24, 2.45) is 0 Å². The molecular weight excluding hydrogens is 556 g/mol. The highest BCUT2D eigenvalue weighted by Gasteiger charge is 2.40. The molecule has 2 heteroatoms. The topological polar surface area (TPSA) is 8.81 Å². The molecule has 0 radical (unpaired) electrons. The molecule has 1 aromatic heterocycles. The number of benzene rings is 3. The van der Waals surface area contributed by atoms with Gasteiger partial charge in [0.25, 0.3) is 0 Å². The molecular formula is C44H63N2+. The molecule has 2 nitrogen and oxygen atoms in total. The monoisotopic (exact) mass is 619 g/mol. The van der Waals surface area contributed by atoms with Gasteiger partial charge in [-0.1, -0.05) is 195 Å². The number of nitrogens with zero attached hydrogens (tertiary/aromatic N) is 2. The van der Waals surface area contributed by atoms with E-state index < -0.39 is 0 Å². The summed E-state index contributed by atoms with van der Waals surface area (Å²) in [5, 5.41) is 0. The summed E-state index contributed by atoms with van der Waals surface area (Å²) in [7, 11) is 0. The number of unbranched alkanes of at least 4 members (excludes halogenated alkanes) is 16. The van der Waals surface area contributed by atoms with Crippen molar-refractivity contribution in [3.63, 3.8) is 0 Å². The minimum Gasteiger partial charge on any atom is -0.233 e. The van der Waals surface area contributed by atoms with E-state index in [2.05, 4.69) is 133 Å². The maximum Gasteiger partial charge on any atom is 0.249 e. The van der Waals surface area contributed by atoms with E-state index in [9.17, 15) is 0 Å². The van der Waals surface area contributed by atoms with Gasteiger partial charge in [-0.15, -0.1) is 0 Å². The summed E-state index contributed by atoms with van der Waals surface area (Å²) in [5.74, 6) is 0. The fraction of sp³-hybridized carbons (Fsp3) is 0.523. The normalized spacial score (nSPS) is 13.4. The van der Waals surface area contributed by atoms with E-state index in [-0.39, 0.29) is 5.41 Å². The second-order valence-electron chi connectivity index (χ2n) is 14.0. The molecule has 0 aliphatic heterocycles. The average Bonchev–Trinajstić information content (AvgIpc) is 3.59. The van der Waals surface area contributed by atoms with Gasteiger partial charge in [0.15, 0.2) is 0 Å². The summed E-state index contributed by atoms with van der Waals surface area (Å²) in [6.45, 7) is 4.80. The van der Waals surface area contributed by atoms with Crippen molar-refractivity contribution in [2.45, 2.75) is 147 Å². The van der Waals surface area contributed by atoms with Crippen LogP contribution in [-0.4, -0.2) is 4.57 Å². The Morgan fingerprint density at radius 2 is 1.02 bits per heavy atom. The van der Waals surface area contributed by atoms with Crippen molar-refractivity contribution in [1.29, 1.82) is 0 Å². The van der Waals surface area contributed by atoms with Crippen LogP contribution in [0.5, 0.6) is 0 Å². The molecule has 248 valence electrons. The predicted molar refractivity (Wildman–Crippen MR) is 198 cm³/mol. The molecule has 0 saturated heterocycles. The highest BCUT2D eigenvalue weighted by atomic mass is 15.1. The molecule has 0 amide bonds. The Labute approximate surface area is 282 Å². The van der Waals surface area contributed by atoms with Crippen LogP contribution in [0.25, 0.3) is 5.69 Å². The third kappa shape index (κ3) is 11.9. The average molecular weight is 620 g/mol. The standard InChI is InChI=1S/C44H63N2/c1-3-4-5-6-7-8-9-10-11-12-13-14-15-16-17-18-28-35-43(46-37-36-45(39-46)42-33-26-21-27-34-42)44(2,41-31-24-20-25-32-41)38-40-29-22-19-23-30-40/h19-27,29-34,36-37,39,43H,3-18,28,35,38H2,1-2H3/q+1. The number of aromatic nitrogens is 2. The number of hydrogen-bond acceptors (Lipinski definition) is 0. The Hall–Kier alpha value is -3.13. The molecule has 0 aliphatic rings. The first-order valence-electron chi connectivity index (χ1n) is 18.9. The highest BCUT2D eigenvalue weighted by Crippen LogP contribution is 2.39. The maximum atomic E-state index is 2.51. The number of rotatable bonds is 24. The summed E-state index contributed by atoms with van der Waals surface area (Å²) in [5.41, 5.74) is 4.01. The molecule has 3 aromatic carbocycles. The fourth-order valence-electron chi connectivity index (χ4n) is 7.42. The molecule has 0 fully saturated rings. The lowest BCUT2D eigenvalue weighted by Crippen LogP contribution is -2.50. The zero-order valence-corrected chi connectivity index (χ0v) is 29.3. The van der Waals surface area contributed by atoms with Gasteiger partial charge in [0.1, 0.15) is 24.1 Å². The van der Waals surface area contributed by atoms with Crippen LogP contribution in [0, 0.1) is 0 Å². The van der Waals surface area contributed by atoms with Crippen LogP contribution in [0.1, 0.15) is 147 Å². The van der Waals surface area contributed by atoms with Gasteiger partial charge < -0.3 is 0 Å². The SMILES string of the molecule is CCCCCCCCCCCCCCCCCCCC([n+]1ccn(-c2ccccc2)c1)C(C)(Cc1ccccc1)c1ccccc1. The first-order valence-corrected chi connectivity index (χ1v) is 18.9. The smallest absolute Gasteiger partial charge is 0.233 e. The Balaban J connectivity index is 1.28. The number of hydrogen-bond donors (Lipinski definition) is 0. The van der Waals surface area contributed by atoms with Crippen LogP contribution >= 0.6 is 0 Å². The van der Waals surface area contributed by atoms with E-state index >= 15 is 0 Å². The van der Waals surface area contributed by atoms with Crippen LogP contribution in [0.2, 0.25) is 0 Å². The molecule has 0 aliphatic carbocycles. The molecule has 0 spiro atoms. The van der Waals surface area contributed by atoms with Crippen LogP contribution in [0.4, 0.5) is 0 Å². The molecule has 46 heavy (non-hydrogen) atoms. The minimum absolute atomic E-state index is 0.0365. The molecule has 4 rings (SSSR count). The third-order valence-corrected chi connectivity index (χ3v) is 10.2. The molecule has 0 N–H and O–H groups in total. The van der Waals surface area contributed by atoms with E-state index in [0.717, 1.165) is 6.42 Å².